The molecule has 0 heterocycles. The van der Waals surface area contributed by atoms with Crippen molar-refractivity contribution in [3.8, 4) is 0 Å². The standard InChI is InChI=1S/C17H22BrNO/c1-16(2)11-8-9-17(16,3)14(10-11)19-15(20)12-6-4-5-7-13(12)18/h4-7,11,14H,8-10H2,1-3H3,(H,19,20). The van der Waals surface area contributed by atoms with E-state index in [1.54, 1.807) is 0 Å². The molecule has 0 spiro atoms. The highest BCUT2D eigenvalue weighted by Crippen LogP contribution is 2.65. The van der Waals surface area contributed by atoms with Crippen molar-refractivity contribution in [2.75, 3.05) is 0 Å². The maximum atomic E-state index is 12.5. The highest BCUT2D eigenvalue weighted by Gasteiger charge is 2.61. The lowest BCUT2D eigenvalue weighted by atomic mass is 9.69. The third-order valence-corrected chi connectivity index (χ3v) is 6.91. The number of benzene rings is 1. The third-order valence-electron chi connectivity index (χ3n) is 6.22. The monoisotopic (exact) mass is 335 g/mol. The second-order valence-electron chi connectivity index (χ2n) is 7.12. The zero-order valence-electron chi connectivity index (χ0n) is 12.4. The second-order valence-corrected chi connectivity index (χ2v) is 7.97. The molecule has 2 aliphatic carbocycles. The Balaban J connectivity index is 1.81. The Morgan fingerprint density at radius 3 is 2.55 bits per heavy atom. The van der Waals surface area contributed by atoms with Crippen molar-refractivity contribution in [2.45, 2.75) is 46.1 Å². The van der Waals surface area contributed by atoms with E-state index in [2.05, 4.69) is 42.0 Å². The van der Waals surface area contributed by atoms with Crippen LogP contribution in [0.5, 0.6) is 0 Å². The Morgan fingerprint density at radius 2 is 2.00 bits per heavy atom. The highest BCUT2D eigenvalue weighted by atomic mass is 79.9. The summed E-state index contributed by atoms with van der Waals surface area (Å²) in [6.45, 7) is 7.09. The van der Waals surface area contributed by atoms with E-state index in [4.69, 9.17) is 0 Å². The molecule has 0 aromatic heterocycles. The quantitative estimate of drug-likeness (QED) is 0.852. The lowest BCUT2D eigenvalue weighted by Crippen LogP contribution is -2.46. The van der Waals surface area contributed by atoms with Crippen molar-refractivity contribution in [3.63, 3.8) is 0 Å². The molecule has 2 nitrogen and oxygen atoms in total. The molecule has 1 N–H and O–H groups in total. The molecule has 2 aliphatic rings. The predicted octanol–water partition coefficient (Wildman–Crippen LogP) is 4.39. The van der Waals surface area contributed by atoms with E-state index in [9.17, 15) is 4.79 Å². The van der Waals surface area contributed by atoms with Crippen LogP contribution in [0.2, 0.25) is 0 Å². The summed E-state index contributed by atoms with van der Waals surface area (Å²) in [5, 5.41) is 3.29. The van der Waals surface area contributed by atoms with Crippen molar-refractivity contribution in [2.24, 2.45) is 16.7 Å². The Morgan fingerprint density at radius 1 is 1.30 bits per heavy atom. The van der Waals surface area contributed by atoms with E-state index >= 15 is 0 Å². The number of carbonyl (C=O) groups excluding carboxylic acids is 1. The molecule has 3 atom stereocenters. The topological polar surface area (TPSA) is 29.1 Å². The highest BCUT2D eigenvalue weighted by molar-refractivity contribution is 9.10. The van der Waals surface area contributed by atoms with Gasteiger partial charge in [-0.3, -0.25) is 4.79 Å². The van der Waals surface area contributed by atoms with Gasteiger partial charge >= 0.3 is 0 Å². The first-order valence-electron chi connectivity index (χ1n) is 7.41. The van der Waals surface area contributed by atoms with Crippen LogP contribution < -0.4 is 5.32 Å². The number of amides is 1. The summed E-state index contributed by atoms with van der Waals surface area (Å²) in [5.74, 6) is 0.795. The van der Waals surface area contributed by atoms with Crippen LogP contribution in [0, 0.1) is 16.7 Å². The van der Waals surface area contributed by atoms with Gasteiger partial charge in [0.15, 0.2) is 0 Å². The van der Waals surface area contributed by atoms with Gasteiger partial charge in [0.05, 0.1) is 5.56 Å². The van der Waals surface area contributed by atoms with Crippen LogP contribution in [0.15, 0.2) is 28.7 Å². The van der Waals surface area contributed by atoms with Crippen LogP contribution in [0.4, 0.5) is 0 Å². The van der Waals surface area contributed by atoms with Gasteiger partial charge in [0.2, 0.25) is 0 Å². The lowest BCUT2D eigenvalue weighted by Gasteiger charge is -2.39. The molecule has 20 heavy (non-hydrogen) atoms. The number of carbonyl (C=O) groups is 1. The van der Waals surface area contributed by atoms with Crippen molar-refractivity contribution >= 4 is 21.8 Å². The number of hydrogen-bond donors (Lipinski definition) is 1. The number of hydrogen-bond acceptors (Lipinski definition) is 1. The molecule has 1 amide bonds. The van der Waals surface area contributed by atoms with E-state index in [-0.39, 0.29) is 11.3 Å². The molecule has 0 aliphatic heterocycles. The summed E-state index contributed by atoms with van der Waals surface area (Å²) in [5.41, 5.74) is 1.30. The molecule has 0 saturated heterocycles. The van der Waals surface area contributed by atoms with Crippen LogP contribution >= 0.6 is 15.9 Å². The van der Waals surface area contributed by atoms with E-state index in [1.165, 1.54) is 12.8 Å². The molecular weight excluding hydrogens is 314 g/mol. The van der Waals surface area contributed by atoms with E-state index in [1.807, 2.05) is 24.3 Å². The molecule has 3 unspecified atom stereocenters. The van der Waals surface area contributed by atoms with Gasteiger partial charge in [0, 0.05) is 10.5 Å². The van der Waals surface area contributed by atoms with Gasteiger partial charge in [-0.15, -0.1) is 0 Å². The first-order chi connectivity index (χ1) is 9.36. The zero-order chi connectivity index (χ0) is 14.5. The molecule has 0 radical (unpaired) electrons. The lowest BCUT2D eigenvalue weighted by molar-refractivity contribution is 0.0825. The van der Waals surface area contributed by atoms with Crippen LogP contribution in [0.25, 0.3) is 0 Å². The maximum absolute atomic E-state index is 12.5. The molecule has 108 valence electrons. The minimum absolute atomic E-state index is 0.0482. The molecule has 1 aromatic rings. The Hall–Kier alpha value is -0.830. The van der Waals surface area contributed by atoms with Crippen LogP contribution in [-0.4, -0.2) is 11.9 Å². The normalized spacial score (nSPS) is 34.2. The summed E-state index contributed by atoms with van der Waals surface area (Å²) >= 11 is 3.46. The third kappa shape index (κ3) is 1.86. The molecular formula is C17H22BrNO. The van der Waals surface area contributed by atoms with Crippen LogP contribution in [0.3, 0.4) is 0 Å². The summed E-state index contributed by atoms with van der Waals surface area (Å²) in [4.78, 5) is 12.5. The summed E-state index contributed by atoms with van der Waals surface area (Å²) in [6.07, 6.45) is 3.66. The Labute approximate surface area is 129 Å². The summed E-state index contributed by atoms with van der Waals surface area (Å²) in [6, 6.07) is 7.94. The first kappa shape index (κ1) is 14.1. The first-order valence-corrected chi connectivity index (χ1v) is 8.21. The van der Waals surface area contributed by atoms with Crippen LogP contribution in [-0.2, 0) is 0 Å². The van der Waals surface area contributed by atoms with Gasteiger partial charge in [-0.25, -0.2) is 0 Å². The van der Waals surface area contributed by atoms with E-state index in [0.29, 0.717) is 11.5 Å². The fourth-order valence-electron chi connectivity index (χ4n) is 4.30. The van der Waals surface area contributed by atoms with Crippen molar-refractivity contribution in [1.82, 2.24) is 5.32 Å². The maximum Gasteiger partial charge on any atom is 0.252 e. The summed E-state index contributed by atoms with van der Waals surface area (Å²) in [7, 11) is 0. The van der Waals surface area contributed by atoms with E-state index < -0.39 is 0 Å². The second kappa shape index (κ2) is 4.59. The number of nitrogens with one attached hydrogen (secondary N) is 1. The fraction of sp³-hybridized carbons (Fsp3) is 0.588. The van der Waals surface area contributed by atoms with Gasteiger partial charge in [0.1, 0.15) is 0 Å². The smallest absolute Gasteiger partial charge is 0.252 e. The van der Waals surface area contributed by atoms with Gasteiger partial charge < -0.3 is 5.32 Å². The Bertz CT molecular complexity index is 554. The SMILES string of the molecule is CC1(C)C2CCC1(C)C(NC(=O)c1ccccc1Br)C2. The number of rotatable bonds is 2. The average Bonchev–Trinajstić information content (AvgIpc) is 2.72. The fourth-order valence-corrected chi connectivity index (χ4v) is 4.77. The van der Waals surface area contributed by atoms with Crippen molar-refractivity contribution < 1.29 is 4.79 Å². The summed E-state index contributed by atoms with van der Waals surface area (Å²) < 4.78 is 0.866. The minimum atomic E-state index is 0.0482. The van der Waals surface area contributed by atoms with Gasteiger partial charge in [-0.2, -0.15) is 0 Å². The largest absolute Gasteiger partial charge is 0.349 e. The number of halogens is 1. The van der Waals surface area contributed by atoms with Gasteiger partial charge in [-0.1, -0.05) is 32.9 Å². The number of fused-ring (bicyclic) bond motifs is 2. The van der Waals surface area contributed by atoms with E-state index in [0.717, 1.165) is 22.4 Å². The van der Waals surface area contributed by atoms with Gasteiger partial charge in [0.25, 0.3) is 5.91 Å². The van der Waals surface area contributed by atoms with Crippen molar-refractivity contribution in [1.29, 1.82) is 0 Å². The molecule has 1 aromatic carbocycles. The zero-order valence-corrected chi connectivity index (χ0v) is 14.0. The molecule has 3 heteroatoms. The predicted molar refractivity (Wildman–Crippen MR) is 84.6 cm³/mol. The Kier molecular flexibility index (Phi) is 3.24. The molecule has 2 fully saturated rings. The minimum Gasteiger partial charge on any atom is -0.349 e. The molecule has 3 rings (SSSR count). The molecule has 2 bridgehead atoms. The van der Waals surface area contributed by atoms with Crippen molar-refractivity contribution in [3.05, 3.63) is 34.3 Å². The molecule has 2 saturated carbocycles. The van der Waals surface area contributed by atoms with Gasteiger partial charge in [-0.05, 0) is 64.1 Å². The average molecular weight is 336 g/mol. The van der Waals surface area contributed by atoms with Crippen LogP contribution in [0.1, 0.15) is 50.4 Å².